The average Bonchev–Trinajstić information content (AvgIpc) is 2.61. The molecule has 0 aromatic carbocycles. The molecule has 4 atom stereocenters. The molecule has 1 aliphatic heterocycles. The zero-order valence-corrected chi connectivity index (χ0v) is 12.5. The maximum Gasteiger partial charge on any atom is 0.457 e. The van der Waals surface area contributed by atoms with E-state index >= 15 is 0 Å². The van der Waals surface area contributed by atoms with E-state index in [2.05, 4.69) is 20.8 Å². The van der Waals surface area contributed by atoms with Crippen molar-refractivity contribution in [3.8, 4) is 0 Å². The molecule has 0 amide bonds. The van der Waals surface area contributed by atoms with Gasteiger partial charge in [0.1, 0.15) is 0 Å². The molecular weight excluding hydrogens is 248 g/mol. The Morgan fingerprint density at radius 3 is 2.61 bits per heavy atom. The second-order valence-electron chi connectivity index (χ2n) is 6.83. The molecule has 0 aromatic rings. The van der Waals surface area contributed by atoms with E-state index < -0.39 is 0 Å². The van der Waals surface area contributed by atoms with Crippen LogP contribution in [0.4, 0.5) is 0 Å². The smallest absolute Gasteiger partial charge is 0.405 e. The van der Waals surface area contributed by atoms with Gasteiger partial charge in [0.2, 0.25) is 0 Å². The van der Waals surface area contributed by atoms with E-state index in [1.165, 1.54) is 12.8 Å². The maximum absolute atomic E-state index is 6.26. The zero-order chi connectivity index (χ0) is 12.3. The van der Waals surface area contributed by atoms with Gasteiger partial charge in [-0.2, -0.15) is 0 Å². The van der Waals surface area contributed by atoms with E-state index in [0.29, 0.717) is 17.4 Å². The summed E-state index contributed by atoms with van der Waals surface area (Å²) in [7, 11) is -0.0105. The van der Waals surface area contributed by atoms with Crippen LogP contribution < -0.4 is 5.73 Å². The first kappa shape index (κ1) is 14.6. The molecule has 104 valence electrons. The summed E-state index contributed by atoms with van der Waals surface area (Å²) in [5, 5.41) is 0. The van der Waals surface area contributed by atoms with Gasteiger partial charge in [-0.25, -0.2) is 0 Å². The first-order chi connectivity index (χ1) is 7.98. The summed E-state index contributed by atoms with van der Waals surface area (Å²) in [5.41, 5.74) is 5.95. The Labute approximate surface area is 117 Å². The minimum absolute atomic E-state index is 0. The molecule has 3 aliphatic carbocycles. The van der Waals surface area contributed by atoms with Crippen LogP contribution in [0, 0.1) is 17.3 Å². The normalized spacial score (nSPS) is 44.0. The molecule has 0 radical (unpaired) electrons. The monoisotopic (exact) mass is 273 g/mol. The lowest BCUT2D eigenvalue weighted by Crippen LogP contribution is -2.65. The van der Waals surface area contributed by atoms with E-state index in [-0.39, 0.29) is 25.1 Å². The highest BCUT2D eigenvalue weighted by Crippen LogP contribution is 2.65. The van der Waals surface area contributed by atoms with E-state index in [9.17, 15) is 0 Å². The minimum Gasteiger partial charge on any atom is -0.405 e. The van der Waals surface area contributed by atoms with Gasteiger partial charge >= 0.3 is 7.12 Å². The minimum atomic E-state index is -0.0441. The molecule has 4 fully saturated rings. The van der Waals surface area contributed by atoms with Crippen molar-refractivity contribution in [3.63, 3.8) is 0 Å². The molecule has 2 N–H and O–H groups in total. The van der Waals surface area contributed by atoms with E-state index in [4.69, 9.17) is 15.0 Å². The number of nitrogens with two attached hydrogens (primary N) is 1. The Morgan fingerprint density at radius 2 is 2.00 bits per heavy atom. The van der Waals surface area contributed by atoms with Crippen LogP contribution >= 0.6 is 12.4 Å². The molecule has 5 heteroatoms. The van der Waals surface area contributed by atoms with E-state index in [1.54, 1.807) is 0 Å². The highest BCUT2D eigenvalue weighted by atomic mass is 35.5. The Hall–Kier alpha value is 0.235. The molecule has 4 aliphatic rings. The lowest BCUT2D eigenvalue weighted by atomic mass is 9.43. The third-order valence-electron chi connectivity index (χ3n) is 5.65. The van der Waals surface area contributed by atoms with Crippen molar-refractivity contribution in [2.45, 2.75) is 58.1 Å². The van der Waals surface area contributed by atoms with Crippen LogP contribution in [0.2, 0.25) is 6.32 Å². The van der Waals surface area contributed by atoms with Gasteiger partial charge in [-0.05, 0) is 56.3 Å². The van der Waals surface area contributed by atoms with Gasteiger partial charge in [0.15, 0.2) is 0 Å². The predicted molar refractivity (Wildman–Crippen MR) is 75.8 cm³/mol. The Bertz CT molecular complexity index is 328. The predicted octanol–water partition coefficient (Wildman–Crippen LogP) is 2.49. The number of rotatable bonds is 3. The lowest BCUT2D eigenvalue weighted by Gasteiger charge is -2.64. The van der Waals surface area contributed by atoms with Crippen LogP contribution in [0.3, 0.4) is 0 Å². The van der Waals surface area contributed by atoms with Crippen molar-refractivity contribution in [2.24, 2.45) is 23.0 Å². The lowest BCUT2D eigenvalue weighted by molar-refractivity contribution is -0.199. The van der Waals surface area contributed by atoms with Gasteiger partial charge in [-0.1, -0.05) is 13.8 Å². The van der Waals surface area contributed by atoms with Crippen molar-refractivity contribution < 1.29 is 9.31 Å². The first-order valence-electron chi connectivity index (χ1n) is 7.02. The van der Waals surface area contributed by atoms with Crippen LogP contribution in [-0.4, -0.2) is 25.4 Å². The number of hydrogen-bond acceptors (Lipinski definition) is 3. The molecule has 0 spiro atoms. The van der Waals surface area contributed by atoms with Crippen LogP contribution in [0.1, 0.15) is 40.0 Å². The second kappa shape index (κ2) is 4.66. The van der Waals surface area contributed by atoms with Crippen LogP contribution in [0.5, 0.6) is 0 Å². The van der Waals surface area contributed by atoms with Crippen LogP contribution in [-0.2, 0) is 9.31 Å². The molecule has 3 nitrogen and oxygen atoms in total. The van der Waals surface area contributed by atoms with E-state index in [0.717, 1.165) is 25.2 Å². The molecule has 0 aromatic heterocycles. The van der Waals surface area contributed by atoms with Gasteiger partial charge in [-0.15, -0.1) is 12.4 Å². The van der Waals surface area contributed by atoms with Crippen molar-refractivity contribution in [1.29, 1.82) is 0 Å². The van der Waals surface area contributed by atoms with Gasteiger partial charge in [0.05, 0.1) is 11.7 Å². The SMILES string of the molecule is CC1(C)[C@@H]2C[C@H]3OB(CCCN)O[C@@]3(C)[C@H]1C2.Cl. The largest absolute Gasteiger partial charge is 0.457 e. The fourth-order valence-corrected chi connectivity index (χ4v) is 4.36. The fourth-order valence-electron chi connectivity index (χ4n) is 4.36. The summed E-state index contributed by atoms with van der Waals surface area (Å²) in [5.74, 6) is 1.50. The summed E-state index contributed by atoms with van der Waals surface area (Å²) in [6.07, 6.45) is 4.76. The quantitative estimate of drug-likeness (QED) is 0.804. The molecule has 18 heavy (non-hydrogen) atoms. The number of halogens is 1. The second-order valence-corrected chi connectivity index (χ2v) is 6.83. The molecule has 1 heterocycles. The first-order valence-corrected chi connectivity index (χ1v) is 7.02. The average molecular weight is 274 g/mol. The Morgan fingerprint density at radius 1 is 1.28 bits per heavy atom. The van der Waals surface area contributed by atoms with Crippen molar-refractivity contribution in [2.75, 3.05) is 6.54 Å². The summed E-state index contributed by atoms with van der Waals surface area (Å²) in [6, 6.07) is 0. The van der Waals surface area contributed by atoms with Crippen LogP contribution in [0.25, 0.3) is 0 Å². The summed E-state index contributed by atoms with van der Waals surface area (Å²) >= 11 is 0. The molecule has 4 rings (SSSR count). The van der Waals surface area contributed by atoms with E-state index in [1.807, 2.05) is 0 Å². The molecule has 0 unspecified atom stereocenters. The third kappa shape index (κ3) is 1.84. The summed E-state index contributed by atoms with van der Waals surface area (Å²) < 4.78 is 12.3. The van der Waals surface area contributed by atoms with Gasteiger partial charge in [0.25, 0.3) is 0 Å². The van der Waals surface area contributed by atoms with Gasteiger partial charge < -0.3 is 15.0 Å². The molecular formula is C13H25BClNO2. The zero-order valence-electron chi connectivity index (χ0n) is 11.6. The summed E-state index contributed by atoms with van der Waals surface area (Å²) in [4.78, 5) is 0. The highest BCUT2D eigenvalue weighted by molar-refractivity contribution is 6.45. The Kier molecular flexibility index (Phi) is 3.79. The fraction of sp³-hybridized carbons (Fsp3) is 1.00. The maximum atomic E-state index is 6.26. The molecule has 2 bridgehead atoms. The Balaban J connectivity index is 0.00000120. The third-order valence-corrected chi connectivity index (χ3v) is 5.65. The standard InChI is InChI=1S/C13H24BNO2.ClH/c1-12(2)9-7-10(12)13(3)11(8-9)16-14(17-13)5-4-6-15;/h9-11H,4-8,15H2,1-3H3;1H/t9-,10-,11+,13-;/m0./s1. The summed E-state index contributed by atoms with van der Waals surface area (Å²) in [6.45, 7) is 7.78. The van der Waals surface area contributed by atoms with Crippen molar-refractivity contribution in [1.82, 2.24) is 0 Å². The molecule has 3 saturated carbocycles. The van der Waals surface area contributed by atoms with Crippen molar-refractivity contribution >= 4 is 19.5 Å². The topological polar surface area (TPSA) is 44.5 Å². The number of hydrogen-bond donors (Lipinski definition) is 1. The van der Waals surface area contributed by atoms with Crippen LogP contribution in [0.15, 0.2) is 0 Å². The van der Waals surface area contributed by atoms with Crippen molar-refractivity contribution in [3.05, 3.63) is 0 Å². The molecule has 1 saturated heterocycles. The van der Waals surface area contributed by atoms with Gasteiger partial charge in [0, 0.05) is 0 Å². The highest BCUT2D eigenvalue weighted by Gasteiger charge is 2.67. The van der Waals surface area contributed by atoms with Gasteiger partial charge in [-0.3, -0.25) is 0 Å².